The molecule has 0 bridgehead atoms. The number of esters is 1. The van der Waals surface area contributed by atoms with Gasteiger partial charge in [0.15, 0.2) is 12.4 Å². The summed E-state index contributed by atoms with van der Waals surface area (Å²) >= 11 is 21.5. The van der Waals surface area contributed by atoms with Crippen molar-refractivity contribution in [3.63, 3.8) is 0 Å². The van der Waals surface area contributed by atoms with Crippen LogP contribution in [0.25, 0.3) is 0 Å². The van der Waals surface area contributed by atoms with Crippen LogP contribution in [0.2, 0.25) is 15.1 Å². The summed E-state index contributed by atoms with van der Waals surface area (Å²) < 4.78 is 11.1. The summed E-state index contributed by atoms with van der Waals surface area (Å²) in [4.78, 5) is 11.8. The second kappa shape index (κ2) is 8.64. The number of carbonyl (C=O) groups is 1. The van der Waals surface area contributed by atoms with E-state index in [1.54, 1.807) is 24.3 Å². The maximum atomic E-state index is 11.8. The Labute approximate surface area is 162 Å². The van der Waals surface area contributed by atoms with Crippen LogP contribution in [0, 0.1) is 12.3 Å². The Morgan fingerprint density at radius 2 is 1.92 bits per heavy atom. The monoisotopic (exact) mass is 446 g/mol. The maximum absolute atomic E-state index is 11.8. The van der Waals surface area contributed by atoms with Gasteiger partial charge >= 0.3 is 5.97 Å². The Balaban J connectivity index is 2.16. The van der Waals surface area contributed by atoms with Crippen molar-refractivity contribution in [3.05, 3.63) is 61.0 Å². The number of hydrogen-bond donors (Lipinski definition) is 0. The Hall–Kier alpha value is -1.38. The average molecular weight is 449 g/mol. The van der Waals surface area contributed by atoms with Crippen molar-refractivity contribution in [2.24, 2.45) is 0 Å². The summed E-state index contributed by atoms with van der Waals surface area (Å²) in [5, 5.41) is 1.28. The second-order valence-electron chi connectivity index (χ2n) is 4.57. The molecule has 0 amide bonds. The van der Waals surface area contributed by atoms with E-state index in [4.69, 9.17) is 50.7 Å². The van der Waals surface area contributed by atoms with Gasteiger partial charge in [-0.3, -0.25) is 0 Å². The lowest BCUT2D eigenvalue weighted by molar-refractivity contribution is 0.0556. The lowest BCUT2D eigenvalue weighted by atomic mass is 10.2. The Morgan fingerprint density at radius 3 is 2.54 bits per heavy atom. The molecule has 2 aromatic carbocycles. The molecule has 0 spiro atoms. The van der Waals surface area contributed by atoms with Crippen LogP contribution >= 0.6 is 50.7 Å². The third-order valence-electron chi connectivity index (χ3n) is 2.91. The molecule has 0 fully saturated rings. The van der Waals surface area contributed by atoms with Gasteiger partial charge in [-0.25, -0.2) is 4.79 Å². The molecule has 2 aromatic rings. The van der Waals surface area contributed by atoms with Gasteiger partial charge in [-0.2, -0.15) is 0 Å². The summed E-state index contributed by atoms with van der Waals surface area (Å²) in [6.45, 7) is 0.0800. The minimum Gasteiger partial charge on any atom is -0.486 e. The lowest BCUT2D eigenvalue weighted by Crippen LogP contribution is -2.06. The number of ether oxygens (including phenoxy) is 2. The van der Waals surface area contributed by atoms with Crippen LogP contribution in [0.15, 0.2) is 34.8 Å². The highest BCUT2D eigenvalue weighted by Crippen LogP contribution is 2.35. The first kappa shape index (κ1) is 19.0. The smallest absolute Gasteiger partial charge is 0.339 e. The molecule has 0 saturated carbocycles. The van der Waals surface area contributed by atoms with Gasteiger partial charge in [0.25, 0.3) is 0 Å². The van der Waals surface area contributed by atoms with E-state index in [-0.39, 0.29) is 23.8 Å². The average Bonchev–Trinajstić information content (AvgIpc) is 2.53. The fourth-order valence-electron chi connectivity index (χ4n) is 1.79. The summed E-state index contributed by atoms with van der Waals surface area (Å²) in [5.41, 5.74) is 1.01. The molecule has 24 heavy (non-hydrogen) atoms. The van der Waals surface area contributed by atoms with Crippen molar-refractivity contribution in [1.29, 1.82) is 0 Å². The van der Waals surface area contributed by atoms with E-state index >= 15 is 0 Å². The predicted octanol–water partition coefficient (Wildman–Crippen LogP) is 5.78. The van der Waals surface area contributed by atoms with Gasteiger partial charge in [0.1, 0.15) is 6.61 Å². The molecule has 2 rings (SSSR count). The van der Waals surface area contributed by atoms with Crippen molar-refractivity contribution in [2.75, 3.05) is 6.61 Å². The van der Waals surface area contributed by atoms with E-state index in [9.17, 15) is 4.79 Å². The number of benzene rings is 2. The predicted molar refractivity (Wildman–Crippen MR) is 99.1 cm³/mol. The van der Waals surface area contributed by atoms with Crippen LogP contribution in [-0.4, -0.2) is 12.6 Å². The second-order valence-corrected chi connectivity index (χ2v) is 6.68. The SMILES string of the molecule is C#CCOC(=O)c1cc(Cl)c(OCc2ccc(Cl)cc2Cl)c(Br)c1. The van der Waals surface area contributed by atoms with E-state index in [1.807, 2.05) is 0 Å². The molecule has 0 aliphatic carbocycles. The van der Waals surface area contributed by atoms with Crippen LogP contribution in [0.3, 0.4) is 0 Å². The quantitative estimate of drug-likeness (QED) is 0.430. The number of halogens is 4. The Kier molecular flexibility index (Phi) is 6.82. The van der Waals surface area contributed by atoms with Gasteiger partial charge in [0.2, 0.25) is 0 Å². The van der Waals surface area contributed by atoms with Crippen molar-refractivity contribution in [2.45, 2.75) is 6.61 Å². The molecule has 0 unspecified atom stereocenters. The topological polar surface area (TPSA) is 35.5 Å². The molecule has 0 aromatic heterocycles. The van der Waals surface area contributed by atoms with Gasteiger partial charge < -0.3 is 9.47 Å². The fourth-order valence-corrected chi connectivity index (χ4v) is 3.22. The number of hydrogen-bond acceptors (Lipinski definition) is 3. The van der Waals surface area contributed by atoms with Gasteiger partial charge in [-0.15, -0.1) is 6.42 Å². The normalized spacial score (nSPS) is 10.1. The van der Waals surface area contributed by atoms with Crippen molar-refractivity contribution in [1.82, 2.24) is 0 Å². The van der Waals surface area contributed by atoms with Gasteiger partial charge in [0.05, 0.1) is 15.1 Å². The first-order valence-corrected chi connectivity index (χ1v) is 8.51. The molecule has 0 heterocycles. The molecule has 0 radical (unpaired) electrons. The largest absolute Gasteiger partial charge is 0.486 e. The summed E-state index contributed by atoms with van der Waals surface area (Å²) in [6.07, 6.45) is 5.05. The number of carbonyl (C=O) groups excluding carboxylic acids is 1. The molecule has 3 nitrogen and oxygen atoms in total. The Morgan fingerprint density at radius 1 is 1.17 bits per heavy atom. The van der Waals surface area contributed by atoms with Crippen molar-refractivity contribution >= 4 is 56.7 Å². The zero-order chi connectivity index (χ0) is 17.7. The third-order valence-corrected chi connectivity index (χ3v) is 4.36. The molecule has 0 atom stereocenters. The Bertz CT molecular complexity index is 792. The standard InChI is InChI=1S/C17H10BrCl3O3/c1-2-5-23-17(22)11-6-13(18)16(15(21)7-11)24-9-10-3-4-12(19)8-14(10)20/h1,3-4,6-8H,5,9H2. The minimum absolute atomic E-state index is 0.110. The number of rotatable bonds is 5. The zero-order valence-electron chi connectivity index (χ0n) is 12.1. The van der Waals surface area contributed by atoms with Crippen LogP contribution in [0.1, 0.15) is 15.9 Å². The molecular weight excluding hydrogens is 438 g/mol. The van der Waals surface area contributed by atoms with Gasteiger partial charge in [-0.1, -0.05) is 46.8 Å². The number of terminal acetylenes is 1. The fraction of sp³-hybridized carbons (Fsp3) is 0.118. The van der Waals surface area contributed by atoms with E-state index in [2.05, 4.69) is 21.9 Å². The molecule has 0 saturated heterocycles. The lowest BCUT2D eigenvalue weighted by Gasteiger charge is -2.12. The zero-order valence-corrected chi connectivity index (χ0v) is 16.0. The van der Waals surface area contributed by atoms with E-state index in [0.29, 0.717) is 20.3 Å². The summed E-state index contributed by atoms with van der Waals surface area (Å²) in [7, 11) is 0. The molecule has 124 valence electrons. The van der Waals surface area contributed by atoms with E-state index in [0.717, 1.165) is 5.56 Å². The first-order chi connectivity index (χ1) is 11.4. The first-order valence-electron chi connectivity index (χ1n) is 6.58. The molecular formula is C17H10BrCl3O3. The van der Waals surface area contributed by atoms with Gasteiger partial charge in [0, 0.05) is 15.6 Å². The van der Waals surface area contributed by atoms with Gasteiger partial charge in [-0.05, 0) is 40.2 Å². The van der Waals surface area contributed by atoms with Crippen molar-refractivity contribution < 1.29 is 14.3 Å². The highest BCUT2D eigenvalue weighted by molar-refractivity contribution is 9.10. The molecule has 0 N–H and O–H groups in total. The highest BCUT2D eigenvalue weighted by Gasteiger charge is 2.15. The summed E-state index contributed by atoms with van der Waals surface area (Å²) in [5.74, 6) is 2.04. The summed E-state index contributed by atoms with van der Waals surface area (Å²) in [6, 6.07) is 8.10. The van der Waals surface area contributed by atoms with E-state index < -0.39 is 5.97 Å². The van der Waals surface area contributed by atoms with Crippen LogP contribution < -0.4 is 4.74 Å². The molecule has 0 aliphatic rings. The molecule has 0 aliphatic heterocycles. The minimum atomic E-state index is -0.567. The highest BCUT2D eigenvalue weighted by atomic mass is 79.9. The molecule has 7 heteroatoms. The van der Waals surface area contributed by atoms with Crippen LogP contribution in [0.4, 0.5) is 0 Å². The van der Waals surface area contributed by atoms with Crippen LogP contribution in [-0.2, 0) is 11.3 Å². The van der Waals surface area contributed by atoms with Crippen LogP contribution in [0.5, 0.6) is 5.75 Å². The van der Waals surface area contributed by atoms with Crippen molar-refractivity contribution in [3.8, 4) is 18.1 Å². The maximum Gasteiger partial charge on any atom is 0.339 e. The third kappa shape index (κ3) is 4.81. The van der Waals surface area contributed by atoms with E-state index in [1.165, 1.54) is 6.07 Å².